The van der Waals surface area contributed by atoms with Gasteiger partial charge in [-0.3, -0.25) is 4.99 Å². The van der Waals surface area contributed by atoms with Gasteiger partial charge in [0.05, 0.1) is 6.61 Å². The lowest BCUT2D eigenvalue weighted by Gasteiger charge is -2.14. The van der Waals surface area contributed by atoms with Crippen LogP contribution in [0.25, 0.3) is 0 Å². The third kappa shape index (κ3) is 7.08. The molecule has 0 saturated heterocycles. The SMILES string of the molecule is CCCOc1ccc(CNC(=NC)NCc2ccccc2OC(F)F)cn1. The van der Waals surface area contributed by atoms with E-state index in [0.29, 0.717) is 37.1 Å². The van der Waals surface area contributed by atoms with Crippen LogP contribution in [0.15, 0.2) is 47.6 Å². The third-order valence-electron chi connectivity index (χ3n) is 3.57. The minimum atomic E-state index is -2.86. The molecule has 146 valence electrons. The van der Waals surface area contributed by atoms with Gasteiger partial charge in [-0.1, -0.05) is 31.2 Å². The highest BCUT2D eigenvalue weighted by molar-refractivity contribution is 5.79. The molecule has 2 aromatic rings. The summed E-state index contributed by atoms with van der Waals surface area (Å²) >= 11 is 0. The summed E-state index contributed by atoms with van der Waals surface area (Å²) in [5.41, 5.74) is 1.57. The van der Waals surface area contributed by atoms with Gasteiger partial charge in [-0.2, -0.15) is 8.78 Å². The molecule has 2 N–H and O–H groups in total. The molecule has 0 unspecified atom stereocenters. The Balaban J connectivity index is 1.86. The number of halogens is 2. The van der Waals surface area contributed by atoms with Crippen LogP contribution < -0.4 is 20.1 Å². The van der Waals surface area contributed by atoms with Crippen LogP contribution in [0.4, 0.5) is 8.78 Å². The maximum atomic E-state index is 12.5. The minimum Gasteiger partial charge on any atom is -0.478 e. The van der Waals surface area contributed by atoms with Gasteiger partial charge < -0.3 is 20.1 Å². The number of para-hydroxylation sites is 1. The van der Waals surface area contributed by atoms with Crippen molar-refractivity contribution in [1.29, 1.82) is 0 Å². The topological polar surface area (TPSA) is 67.8 Å². The Bertz CT molecular complexity index is 724. The Morgan fingerprint density at radius 3 is 2.59 bits per heavy atom. The largest absolute Gasteiger partial charge is 0.478 e. The monoisotopic (exact) mass is 378 g/mol. The molecule has 0 aliphatic carbocycles. The minimum absolute atomic E-state index is 0.141. The van der Waals surface area contributed by atoms with Crippen LogP contribution in [0.1, 0.15) is 24.5 Å². The number of rotatable bonds is 9. The fraction of sp³-hybridized carbons (Fsp3) is 0.368. The Kier molecular flexibility index (Phi) is 8.28. The number of benzene rings is 1. The van der Waals surface area contributed by atoms with E-state index in [-0.39, 0.29) is 5.75 Å². The summed E-state index contributed by atoms with van der Waals surface area (Å²) in [6, 6.07) is 10.4. The molecular formula is C19H24F2N4O2. The average molecular weight is 378 g/mol. The van der Waals surface area contributed by atoms with Crippen molar-refractivity contribution in [3.63, 3.8) is 0 Å². The lowest BCUT2D eigenvalue weighted by Crippen LogP contribution is -2.36. The van der Waals surface area contributed by atoms with Gasteiger partial charge in [-0.05, 0) is 18.1 Å². The maximum absolute atomic E-state index is 12.5. The van der Waals surface area contributed by atoms with Gasteiger partial charge in [0, 0.05) is 38.0 Å². The summed E-state index contributed by atoms with van der Waals surface area (Å²) in [5.74, 6) is 1.27. The molecule has 0 fully saturated rings. The molecule has 2 rings (SSSR count). The highest BCUT2D eigenvalue weighted by atomic mass is 19.3. The van der Waals surface area contributed by atoms with E-state index in [2.05, 4.69) is 25.3 Å². The smallest absolute Gasteiger partial charge is 0.387 e. The lowest BCUT2D eigenvalue weighted by atomic mass is 10.2. The Morgan fingerprint density at radius 2 is 1.93 bits per heavy atom. The number of alkyl halides is 2. The molecule has 8 heteroatoms. The summed E-state index contributed by atoms with van der Waals surface area (Å²) in [7, 11) is 1.64. The quantitative estimate of drug-likeness (QED) is 0.517. The molecule has 0 radical (unpaired) electrons. The fourth-order valence-electron chi connectivity index (χ4n) is 2.25. The molecular weight excluding hydrogens is 354 g/mol. The van der Waals surface area contributed by atoms with Crippen LogP contribution in [0, 0.1) is 0 Å². The molecule has 0 atom stereocenters. The van der Waals surface area contributed by atoms with E-state index in [1.165, 1.54) is 6.07 Å². The van der Waals surface area contributed by atoms with Crippen molar-refractivity contribution in [3.8, 4) is 11.6 Å². The number of nitrogens with one attached hydrogen (secondary N) is 2. The van der Waals surface area contributed by atoms with Crippen LogP contribution in [0.5, 0.6) is 11.6 Å². The third-order valence-corrected chi connectivity index (χ3v) is 3.57. The number of pyridine rings is 1. The molecule has 0 spiro atoms. The van der Waals surface area contributed by atoms with Crippen molar-refractivity contribution in [3.05, 3.63) is 53.7 Å². The number of aliphatic imine (C=N–C) groups is 1. The molecule has 1 aromatic heterocycles. The summed E-state index contributed by atoms with van der Waals surface area (Å²) in [5, 5.41) is 6.23. The number of nitrogens with zero attached hydrogens (tertiary/aromatic N) is 2. The van der Waals surface area contributed by atoms with E-state index in [1.807, 2.05) is 19.1 Å². The van der Waals surface area contributed by atoms with Crippen LogP contribution >= 0.6 is 0 Å². The molecule has 1 aromatic carbocycles. The molecule has 0 aliphatic rings. The van der Waals surface area contributed by atoms with E-state index < -0.39 is 6.61 Å². The number of aromatic nitrogens is 1. The second-order valence-electron chi connectivity index (χ2n) is 5.62. The van der Waals surface area contributed by atoms with E-state index in [4.69, 9.17) is 4.74 Å². The molecule has 6 nitrogen and oxygen atoms in total. The Labute approximate surface area is 157 Å². The first-order chi connectivity index (χ1) is 13.1. The average Bonchev–Trinajstić information content (AvgIpc) is 2.68. The first-order valence-electron chi connectivity index (χ1n) is 8.67. The number of hydrogen-bond donors (Lipinski definition) is 2. The van der Waals surface area contributed by atoms with Crippen LogP contribution in [0.2, 0.25) is 0 Å². The molecule has 0 aliphatic heterocycles. The van der Waals surface area contributed by atoms with Gasteiger partial charge in [0.2, 0.25) is 5.88 Å². The normalized spacial score (nSPS) is 11.4. The van der Waals surface area contributed by atoms with Crippen LogP contribution in [0.3, 0.4) is 0 Å². The predicted molar refractivity (Wildman–Crippen MR) is 100 cm³/mol. The van der Waals surface area contributed by atoms with E-state index in [9.17, 15) is 8.78 Å². The summed E-state index contributed by atoms with van der Waals surface area (Å²) in [6.07, 6.45) is 2.66. The summed E-state index contributed by atoms with van der Waals surface area (Å²) in [4.78, 5) is 8.37. The highest BCUT2D eigenvalue weighted by Gasteiger charge is 2.09. The van der Waals surface area contributed by atoms with Gasteiger partial charge in [-0.25, -0.2) is 4.98 Å². The first-order valence-corrected chi connectivity index (χ1v) is 8.67. The van der Waals surface area contributed by atoms with Gasteiger partial charge in [0.1, 0.15) is 5.75 Å². The standard InChI is InChI=1S/C19H24F2N4O2/c1-3-10-26-17-9-8-14(11-23-17)12-24-19(22-2)25-13-15-6-4-5-7-16(15)27-18(20)21/h4-9,11,18H,3,10,12-13H2,1-2H3,(H2,22,24,25). The Hall–Kier alpha value is -2.90. The number of ether oxygens (including phenoxy) is 2. The maximum Gasteiger partial charge on any atom is 0.387 e. The molecule has 0 bridgehead atoms. The van der Waals surface area contributed by atoms with Crippen molar-refractivity contribution in [1.82, 2.24) is 15.6 Å². The zero-order chi connectivity index (χ0) is 19.5. The molecule has 27 heavy (non-hydrogen) atoms. The van der Waals surface area contributed by atoms with E-state index >= 15 is 0 Å². The zero-order valence-corrected chi connectivity index (χ0v) is 15.4. The molecule has 0 saturated carbocycles. The molecule has 0 amide bonds. The van der Waals surface area contributed by atoms with E-state index in [0.717, 1.165) is 12.0 Å². The van der Waals surface area contributed by atoms with Crippen molar-refractivity contribution in [2.75, 3.05) is 13.7 Å². The van der Waals surface area contributed by atoms with Gasteiger partial charge in [0.15, 0.2) is 5.96 Å². The number of hydrogen-bond acceptors (Lipinski definition) is 4. The van der Waals surface area contributed by atoms with E-state index in [1.54, 1.807) is 31.4 Å². The van der Waals surface area contributed by atoms with Crippen molar-refractivity contribution >= 4 is 5.96 Å². The zero-order valence-electron chi connectivity index (χ0n) is 15.4. The summed E-state index contributed by atoms with van der Waals surface area (Å²) in [6.45, 7) is 0.619. The Morgan fingerprint density at radius 1 is 1.15 bits per heavy atom. The van der Waals surface area contributed by atoms with Gasteiger partial charge in [-0.15, -0.1) is 0 Å². The van der Waals surface area contributed by atoms with Gasteiger partial charge in [0.25, 0.3) is 0 Å². The predicted octanol–water partition coefficient (Wildman–Crippen LogP) is 3.34. The number of guanidine groups is 1. The summed E-state index contributed by atoms with van der Waals surface area (Å²) < 4.78 is 34.9. The van der Waals surface area contributed by atoms with Gasteiger partial charge >= 0.3 is 6.61 Å². The lowest BCUT2D eigenvalue weighted by molar-refractivity contribution is -0.0504. The second kappa shape index (κ2) is 10.9. The van der Waals surface area contributed by atoms with Crippen LogP contribution in [-0.2, 0) is 13.1 Å². The van der Waals surface area contributed by atoms with Crippen molar-refractivity contribution in [2.24, 2.45) is 4.99 Å². The van der Waals surface area contributed by atoms with Crippen molar-refractivity contribution in [2.45, 2.75) is 33.0 Å². The molecule has 1 heterocycles. The first kappa shape index (κ1) is 20.4. The second-order valence-corrected chi connectivity index (χ2v) is 5.62. The fourth-order valence-corrected chi connectivity index (χ4v) is 2.25. The highest BCUT2D eigenvalue weighted by Crippen LogP contribution is 2.19. The van der Waals surface area contributed by atoms with Crippen molar-refractivity contribution < 1.29 is 18.3 Å². The van der Waals surface area contributed by atoms with Crippen LogP contribution in [-0.4, -0.2) is 31.2 Å².